The van der Waals surface area contributed by atoms with Gasteiger partial charge in [-0.05, 0) is 25.3 Å². The first-order valence-corrected chi connectivity index (χ1v) is 9.18. The molecule has 6 nitrogen and oxygen atoms in total. The molecule has 1 fully saturated rings. The quantitative estimate of drug-likeness (QED) is 0.771. The first kappa shape index (κ1) is 18.6. The Labute approximate surface area is 155 Å². The van der Waals surface area contributed by atoms with E-state index in [0.717, 1.165) is 32.5 Å². The minimum absolute atomic E-state index is 0.0579. The van der Waals surface area contributed by atoms with Crippen molar-refractivity contribution in [3.63, 3.8) is 0 Å². The number of ether oxygens (including phenoxy) is 1. The van der Waals surface area contributed by atoms with Crippen molar-refractivity contribution in [1.82, 2.24) is 19.8 Å². The Morgan fingerprint density at radius 1 is 1.27 bits per heavy atom. The maximum absolute atomic E-state index is 13.0. The summed E-state index contributed by atoms with van der Waals surface area (Å²) in [6.45, 7) is 5.83. The molecule has 6 heteroatoms. The van der Waals surface area contributed by atoms with Crippen LogP contribution in [0.4, 0.5) is 0 Å². The number of hydrogen-bond acceptors (Lipinski definition) is 4. The maximum Gasteiger partial charge on any atom is 0.246 e. The lowest BCUT2D eigenvalue weighted by Gasteiger charge is -2.41. The van der Waals surface area contributed by atoms with E-state index >= 15 is 0 Å². The summed E-state index contributed by atoms with van der Waals surface area (Å²) in [6.07, 6.45) is 6.93. The van der Waals surface area contributed by atoms with Crippen LogP contribution in [0.2, 0.25) is 0 Å². The summed E-state index contributed by atoms with van der Waals surface area (Å²) in [6, 6.07) is 8.67. The number of aryl methyl sites for hydroxylation is 1. The van der Waals surface area contributed by atoms with Gasteiger partial charge in [0.25, 0.3) is 0 Å². The van der Waals surface area contributed by atoms with Crippen LogP contribution >= 0.6 is 0 Å². The highest BCUT2D eigenvalue weighted by atomic mass is 16.5. The van der Waals surface area contributed by atoms with E-state index in [1.807, 2.05) is 10.8 Å². The third-order valence-electron chi connectivity index (χ3n) is 5.22. The highest BCUT2D eigenvalue weighted by molar-refractivity contribution is 5.84. The van der Waals surface area contributed by atoms with Gasteiger partial charge in [-0.3, -0.25) is 9.69 Å². The first-order chi connectivity index (χ1) is 12.6. The minimum atomic E-state index is -0.561. The summed E-state index contributed by atoms with van der Waals surface area (Å²) in [5.74, 6) is 0.0579. The molecule has 1 aliphatic rings. The normalized spacial score (nSPS) is 17.2. The average molecular weight is 356 g/mol. The van der Waals surface area contributed by atoms with Crippen molar-refractivity contribution in [2.75, 3.05) is 33.4 Å². The van der Waals surface area contributed by atoms with Crippen LogP contribution in [-0.4, -0.2) is 53.7 Å². The number of hydrogen-bond donors (Lipinski definition) is 1. The van der Waals surface area contributed by atoms with Gasteiger partial charge in [0, 0.05) is 45.7 Å². The predicted molar refractivity (Wildman–Crippen MR) is 101 cm³/mol. The lowest BCUT2D eigenvalue weighted by Crippen LogP contribution is -2.55. The van der Waals surface area contributed by atoms with E-state index in [9.17, 15) is 4.79 Å². The fourth-order valence-corrected chi connectivity index (χ4v) is 3.58. The second-order valence-electron chi connectivity index (χ2n) is 7.01. The number of carbonyl (C=O) groups is 1. The lowest BCUT2D eigenvalue weighted by molar-refractivity contribution is -0.132. The van der Waals surface area contributed by atoms with Crippen molar-refractivity contribution < 1.29 is 9.53 Å². The maximum atomic E-state index is 13.0. The van der Waals surface area contributed by atoms with Gasteiger partial charge >= 0.3 is 0 Å². The van der Waals surface area contributed by atoms with E-state index in [0.29, 0.717) is 13.2 Å². The van der Waals surface area contributed by atoms with Gasteiger partial charge in [-0.1, -0.05) is 29.8 Å². The smallest absolute Gasteiger partial charge is 0.246 e. The Hall–Kier alpha value is -2.18. The zero-order chi connectivity index (χ0) is 18.4. The molecule has 0 spiro atoms. The molecule has 1 aromatic carbocycles. The number of carbonyl (C=O) groups excluding carboxylic acids is 1. The van der Waals surface area contributed by atoms with Crippen molar-refractivity contribution in [1.29, 1.82) is 0 Å². The van der Waals surface area contributed by atoms with E-state index < -0.39 is 5.54 Å². The van der Waals surface area contributed by atoms with E-state index in [1.54, 1.807) is 19.6 Å². The molecule has 1 N–H and O–H groups in total. The highest BCUT2D eigenvalue weighted by Crippen LogP contribution is 2.31. The Morgan fingerprint density at radius 2 is 2.00 bits per heavy atom. The number of nitrogens with one attached hydrogen (secondary N) is 1. The topological polar surface area (TPSA) is 59.4 Å². The summed E-state index contributed by atoms with van der Waals surface area (Å²) in [5, 5.41) is 3.02. The standard InChI is InChI=1S/C20H28N4O2/c1-17-3-5-18(6-4-17)15-23-11-7-20(8-12-23,24-13-9-21-16-24)19(25)22-10-14-26-2/h3-6,9,13,16H,7-8,10-12,14-15H2,1-2H3,(H,22,25). The molecule has 1 saturated heterocycles. The van der Waals surface area contributed by atoms with Gasteiger partial charge in [0.1, 0.15) is 5.54 Å². The Balaban J connectivity index is 1.67. The van der Waals surface area contributed by atoms with Crippen molar-refractivity contribution in [3.8, 4) is 0 Å². The fourth-order valence-electron chi connectivity index (χ4n) is 3.58. The molecule has 0 aliphatic carbocycles. The number of rotatable bonds is 7. The molecule has 0 bridgehead atoms. The summed E-state index contributed by atoms with van der Waals surface area (Å²) < 4.78 is 7.02. The van der Waals surface area contributed by atoms with Gasteiger partial charge < -0.3 is 14.6 Å². The molecule has 0 saturated carbocycles. The van der Waals surface area contributed by atoms with Crippen LogP contribution in [0.5, 0.6) is 0 Å². The fraction of sp³-hybridized carbons (Fsp3) is 0.500. The third-order valence-corrected chi connectivity index (χ3v) is 5.22. The molecule has 0 unspecified atom stereocenters. The molecule has 2 aromatic rings. The zero-order valence-electron chi connectivity index (χ0n) is 15.6. The molecule has 26 heavy (non-hydrogen) atoms. The molecule has 1 aromatic heterocycles. The van der Waals surface area contributed by atoms with Crippen LogP contribution in [-0.2, 0) is 21.6 Å². The van der Waals surface area contributed by atoms with Crippen LogP contribution in [0, 0.1) is 6.92 Å². The van der Waals surface area contributed by atoms with Crippen LogP contribution in [0.15, 0.2) is 43.0 Å². The van der Waals surface area contributed by atoms with Crippen LogP contribution < -0.4 is 5.32 Å². The van der Waals surface area contributed by atoms with E-state index in [2.05, 4.69) is 46.4 Å². The van der Waals surface area contributed by atoms with Crippen molar-refractivity contribution >= 4 is 5.91 Å². The van der Waals surface area contributed by atoms with Crippen molar-refractivity contribution in [2.45, 2.75) is 31.8 Å². The molecular weight excluding hydrogens is 328 g/mol. The molecule has 0 radical (unpaired) electrons. The number of piperidine rings is 1. The molecular formula is C20H28N4O2. The lowest BCUT2D eigenvalue weighted by atomic mass is 9.85. The Morgan fingerprint density at radius 3 is 2.62 bits per heavy atom. The number of likely N-dealkylation sites (tertiary alicyclic amines) is 1. The van der Waals surface area contributed by atoms with Gasteiger partial charge in [-0.15, -0.1) is 0 Å². The van der Waals surface area contributed by atoms with Crippen LogP contribution in [0.1, 0.15) is 24.0 Å². The molecule has 3 rings (SSSR count). The number of methoxy groups -OCH3 is 1. The van der Waals surface area contributed by atoms with Crippen LogP contribution in [0.25, 0.3) is 0 Å². The van der Waals surface area contributed by atoms with Crippen molar-refractivity contribution in [2.24, 2.45) is 0 Å². The van der Waals surface area contributed by atoms with Crippen LogP contribution in [0.3, 0.4) is 0 Å². The largest absolute Gasteiger partial charge is 0.383 e. The monoisotopic (exact) mass is 356 g/mol. The van der Waals surface area contributed by atoms with E-state index in [4.69, 9.17) is 4.74 Å². The Bertz CT molecular complexity index is 689. The minimum Gasteiger partial charge on any atom is -0.383 e. The van der Waals surface area contributed by atoms with Gasteiger partial charge in [0.2, 0.25) is 5.91 Å². The number of benzene rings is 1. The summed E-state index contributed by atoms with van der Waals surface area (Å²) in [7, 11) is 1.64. The summed E-state index contributed by atoms with van der Waals surface area (Å²) in [4.78, 5) is 19.5. The average Bonchev–Trinajstić information content (AvgIpc) is 3.20. The second kappa shape index (κ2) is 8.47. The molecule has 0 atom stereocenters. The summed E-state index contributed by atoms with van der Waals surface area (Å²) in [5.41, 5.74) is 2.03. The highest BCUT2D eigenvalue weighted by Gasteiger charge is 2.42. The third kappa shape index (κ3) is 4.14. The zero-order valence-corrected chi connectivity index (χ0v) is 15.6. The predicted octanol–water partition coefficient (Wildman–Crippen LogP) is 1.95. The van der Waals surface area contributed by atoms with Gasteiger partial charge in [0.15, 0.2) is 0 Å². The number of amides is 1. The van der Waals surface area contributed by atoms with E-state index in [-0.39, 0.29) is 5.91 Å². The van der Waals surface area contributed by atoms with E-state index in [1.165, 1.54) is 11.1 Å². The molecule has 1 aliphatic heterocycles. The molecule has 2 heterocycles. The number of imidazole rings is 1. The number of aromatic nitrogens is 2. The Kier molecular flexibility index (Phi) is 6.06. The SMILES string of the molecule is COCCNC(=O)C1(n2ccnc2)CCN(Cc2ccc(C)cc2)CC1. The molecule has 140 valence electrons. The second-order valence-corrected chi connectivity index (χ2v) is 7.01. The van der Waals surface area contributed by atoms with Gasteiger partial charge in [-0.2, -0.15) is 0 Å². The van der Waals surface area contributed by atoms with Gasteiger partial charge in [-0.25, -0.2) is 4.98 Å². The number of nitrogens with zero attached hydrogens (tertiary/aromatic N) is 3. The summed E-state index contributed by atoms with van der Waals surface area (Å²) >= 11 is 0. The molecule has 1 amide bonds. The van der Waals surface area contributed by atoms with Gasteiger partial charge in [0.05, 0.1) is 12.9 Å². The first-order valence-electron chi connectivity index (χ1n) is 9.18. The van der Waals surface area contributed by atoms with Crippen molar-refractivity contribution in [3.05, 3.63) is 54.1 Å².